The van der Waals surface area contributed by atoms with E-state index in [0.29, 0.717) is 36.4 Å². The van der Waals surface area contributed by atoms with Crippen LogP contribution in [0.15, 0.2) is 42.6 Å². The van der Waals surface area contributed by atoms with E-state index >= 15 is 0 Å². The molecule has 5 rings (SSSR count). The summed E-state index contributed by atoms with van der Waals surface area (Å²) in [6.07, 6.45) is 7.47. The van der Waals surface area contributed by atoms with E-state index in [2.05, 4.69) is 39.5 Å². The lowest BCUT2D eigenvalue weighted by atomic mass is 9.81. The summed E-state index contributed by atoms with van der Waals surface area (Å²) in [5.74, 6) is 1.36. The molecule has 30 heavy (non-hydrogen) atoms. The molecular formula is C24H29N3O3. The van der Waals surface area contributed by atoms with Gasteiger partial charge in [0.2, 0.25) is 5.91 Å². The summed E-state index contributed by atoms with van der Waals surface area (Å²) in [5, 5.41) is 3.15. The van der Waals surface area contributed by atoms with Crippen molar-refractivity contribution >= 4 is 5.91 Å². The third-order valence-electron chi connectivity index (χ3n) is 6.63. The highest BCUT2D eigenvalue weighted by atomic mass is 16.6. The van der Waals surface area contributed by atoms with Crippen molar-refractivity contribution in [3.8, 4) is 11.6 Å². The number of ether oxygens (including phenoxy) is 2. The molecule has 158 valence electrons. The van der Waals surface area contributed by atoms with Gasteiger partial charge in [-0.25, -0.2) is 4.98 Å². The van der Waals surface area contributed by atoms with E-state index in [1.54, 1.807) is 13.1 Å². The van der Waals surface area contributed by atoms with E-state index in [4.69, 9.17) is 9.47 Å². The molecule has 2 bridgehead atoms. The van der Waals surface area contributed by atoms with Crippen LogP contribution in [0.4, 0.5) is 0 Å². The van der Waals surface area contributed by atoms with Crippen molar-refractivity contribution in [3.63, 3.8) is 0 Å². The molecule has 6 heteroatoms. The zero-order valence-electron chi connectivity index (χ0n) is 17.4. The number of hydrogen-bond donors (Lipinski definition) is 1. The number of amides is 1. The summed E-state index contributed by atoms with van der Waals surface area (Å²) in [6.45, 7) is 3.09. The molecule has 6 nitrogen and oxygen atoms in total. The number of carbonyl (C=O) groups is 1. The third-order valence-corrected chi connectivity index (χ3v) is 6.63. The van der Waals surface area contributed by atoms with Crippen LogP contribution in [0.2, 0.25) is 0 Å². The van der Waals surface area contributed by atoms with Gasteiger partial charge >= 0.3 is 0 Å². The number of hydrogen-bond acceptors (Lipinski definition) is 5. The highest BCUT2D eigenvalue weighted by molar-refractivity contribution is 5.73. The molecule has 1 aromatic carbocycles. The smallest absolute Gasteiger partial charge is 0.257 e. The number of pyridine rings is 1. The normalized spacial score (nSPS) is 28.0. The van der Waals surface area contributed by atoms with Crippen LogP contribution in [-0.4, -0.2) is 40.5 Å². The van der Waals surface area contributed by atoms with Crippen LogP contribution < -0.4 is 14.8 Å². The molecule has 1 aromatic heterocycles. The van der Waals surface area contributed by atoms with Gasteiger partial charge in [0.15, 0.2) is 11.9 Å². The molecule has 2 aromatic rings. The van der Waals surface area contributed by atoms with Crippen LogP contribution in [0.1, 0.15) is 56.3 Å². The number of nitrogens with one attached hydrogen (secondary N) is 1. The Hall–Kier alpha value is -2.60. The summed E-state index contributed by atoms with van der Waals surface area (Å²) < 4.78 is 11.8. The molecule has 0 unspecified atom stereocenters. The number of benzene rings is 1. The molecule has 0 radical (unpaired) electrons. The summed E-state index contributed by atoms with van der Waals surface area (Å²) in [4.78, 5) is 18.4. The van der Waals surface area contributed by atoms with Gasteiger partial charge in [-0.1, -0.05) is 30.7 Å². The summed E-state index contributed by atoms with van der Waals surface area (Å²) >= 11 is 0. The first-order valence-electron chi connectivity index (χ1n) is 11.0. The molecule has 1 N–H and O–H groups in total. The molecule has 3 aliphatic rings. The highest BCUT2D eigenvalue weighted by Gasteiger charge is 2.38. The van der Waals surface area contributed by atoms with E-state index in [0.717, 1.165) is 24.9 Å². The molecule has 3 aliphatic heterocycles. The minimum Gasteiger partial charge on any atom is -0.484 e. The number of fused-ring (bicyclic) bond motifs is 3. The number of nitrogens with zero attached hydrogens (tertiary/aromatic N) is 2. The van der Waals surface area contributed by atoms with Crippen molar-refractivity contribution in [2.45, 2.75) is 69.8 Å². The van der Waals surface area contributed by atoms with Crippen LogP contribution in [0.25, 0.3) is 0 Å². The summed E-state index contributed by atoms with van der Waals surface area (Å²) in [7, 11) is 0. The fourth-order valence-corrected chi connectivity index (χ4v) is 5.26. The Balaban J connectivity index is 1.24. The monoisotopic (exact) mass is 407 g/mol. The quantitative estimate of drug-likeness (QED) is 0.839. The number of rotatable bonds is 4. The molecule has 0 aliphatic carbocycles. The Morgan fingerprint density at radius 1 is 1.17 bits per heavy atom. The fraction of sp³-hybridized carbons (Fsp3) is 0.500. The average molecular weight is 408 g/mol. The van der Waals surface area contributed by atoms with Crippen molar-refractivity contribution in [1.82, 2.24) is 15.2 Å². The van der Waals surface area contributed by atoms with Crippen LogP contribution >= 0.6 is 0 Å². The van der Waals surface area contributed by atoms with Crippen molar-refractivity contribution in [2.75, 3.05) is 6.61 Å². The fourth-order valence-electron chi connectivity index (χ4n) is 5.26. The van der Waals surface area contributed by atoms with E-state index in [9.17, 15) is 4.79 Å². The summed E-state index contributed by atoms with van der Waals surface area (Å²) in [6, 6.07) is 13.9. The van der Waals surface area contributed by atoms with Gasteiger partial charge in [-0.05, 0) is 48.9 Å². The zero-order valence-corrected chi connectivity index (χ0v) is 17.4. The first-order valence-corrected chi connectivity index (χ1v) is 11.0. The topological polar surface area (TPSA) is 63.7 Å². The minimum absolute atomic E-state index is 0.0915. The summed E-state index contributed by atoms with van der Waals surface area (Å²) in [5.41, 5.74) is 2.43. The molecule has 1 amide bonds. The maximum Gasteiger partial charge on any atom is 0.257 e. The van der Waals surface area contributed by atoms with Crippen molar-refractivity contribution in [3.05, 3.63) is 53.7 Å². The molecule has 2 fully saturated rings. The molecule has 4 heterocycles. The molecule has 4 atom stereocenters. The number of aromatic nitrogens is 1. The molecule has 2 saturated heterocycles. The Morgan fingerprint density at radius 2 is 1.93 bits per heavy atom. The molecule has 0 saturated carbocycles. The van der Waals surface area contributed by atoms with Gasteiger partial charge in [-0.3, -0.25) is 9.69 Å². The zero-order chi connectivity index (χ0) is 20.5. The van der Waals surface area contributed by atoms with Gasteiger partial charge < -0.3 is 14.8 Å². The van der Waals surface area contributed by atoms with E-state index < -0.39 is 0 Å². The van der Waals surface area contributed by atoms with E-state index in [-0.39, 0.29) is 12.0 Å². The first kappa shape index (κ1) is 19.4. The average Bonchev–Trinajstić information content (AvgIpc) is 2.74. The standard InChI is InChI=1S/C24H29N3O3/c1-16(28)26-19-12-20-4-2-5-21(13-19)27(20)14-17-7-9-18(10-8-17)23-15-29-22-6-3-11-25-24(22)30-23/h3,6-11,19-21,23H,2,4-5,12-15H2,1H3,(H,26,28)/t19-,20+,21-,23-/m1/s1. The lowest BCUT2D eigenvalue weighted by molar-refractivity contribution is -0.120. The highest BCUT2D eigenvalue weighted by Crippen LogP contribution is 2.36. The van der Waals surface area contributed by atoms with Crippen molar-refractivity contribution < 1.29 is 14.3 Å². The lowest BCUT2D eigenvalue weighted by Gasteiger charge is -2.49. The molecule has 0 spiro atoms. The number of carbonyl (C=O) groups excluding carboxylic acids is 1. The lowest BCUT2D eigenvalue weighted by Crippen LogP contribution is -2.56. The van der Waals surface area contributed by atoms with Gasteiger partial charge in [0.25, 0.3) is 5.88 Å². The van der Waals surface area contributed by atoms with Crippen LogP contribution in [-0.2, 0) is 11.3 Å². The van der Waals surface area contributed by atoms with Gasteiger partial charge in [0.1, 0.15) is 6.61 Å². The Morgan fingerprint density at radius 3 is 2.67 bits per heavy atom. The Kier molecular flexibility index (Phi) is 5.34. The van der Waals surface area contributed by atoms with E-state index in [1.807, 2.05) is 12.1 Å². The van der Waals surface area contributed by atoms with E-state index in [1.165, 1.54) is 24.8 Å². The third kappa shape index (κ3) is 4.01. The second-order valence-electron chi connectivity index (χ2n) is 8.75. The largest absolute Gasteiger partial charge is 0.484 e. The SMILES string of the molecule is CC(=O)N[C@H]1C[C@H]2CCC[C@@H](C1)N2Cc1ccc([C@H]2COc3cccnc3O2)cc1. The Bertz CT molecular complexity index is 887. The maximum atomic E-state index is 11.5. The second kappa shape index (κ2) is 8.26. The predicted molar refractivity (Wildman–Crippen MR) is 113 cm³/mol. The maximum absolute atomic E-state index is 11.5. The van der Waals surface area contributed by atoms with Crippen molar-refractivity contribution in [2.24, 2.45) is 0 Å². The van der Waals surface area contributed by atoms with Gasteiger partial charge in [0, 0.05) is 37.8 Å². The minimum atomic E-state index is -0.130. The first-order chi connectivity index (χ1) is 14.7. The van der Waals surface area contributed by atoms with Crippen LogP contribution in [0, 0.1) is 0 Å². The predicted octanol–water partition coefficient (Wildman–Crippen LogP) is 3.62. The number of piperidine rings is 2. The van der Waals surface area contributed by atoms with Gasteiger partial charge in [-0.2, -0.15) is 0 Å². The van der Waals surface area contributed by atoms with Crippen LogP contribution in [0.5, 0.6) is 11.6 Å². The van der Waals surface area contributed by atoms with Crippen LogP contribution in [0.3, 0.4) is 0 Å². The Labute approximate surface area is 177 Å². The second-order valence-corrected chi connectivity index (χ2v) is 8.75. The van der Waals surface area contributed by atoms with Gasteiger partial charge in [-0.15, -0.1) is 0 Å². The van der Waals surface area contributed by atoms with Crippen molar-refractivity contribution in [1.29, 1.82) is 0 Å². The van der Waals surface area contributed by atoms with Gasteiger partial charge in [0.05, 0.1) is 0 Å². The molecular weight excluding hydrogens is 378 g/mol.